The van der Waals surface area contributed by atoms with Gasteiger partial charge in [0.1, 0.15) is 4.83 Å². The molecule has 4 rings (SSSR count). The average molecular weight is 347 g/mol. The zero-order chi connectivity index (χ0) is 13.7. The molecule has 5 nitrogen and oxygen atoms in total. The van der Waals surface area contributed by atoms with Gasteiger partial charge in [-0.3, -0.25) is 14.2 Å². The number of H-pyrrole nitrogens is 1. The molecule has 3 heterocycles. The van der Waals surface area contributed by atoms with E-state index in [9.17, 15) is 4.79 Å². The Kier molecular flexibility index (Phi) is 2.51. The van der Waals surface area contributed by atoms with E-state index in [2.05, 4.69) is 31.1 Å². The third-order valence-electron chi connectivity index (χ3n) is 3.08. The summed E-state index contributed by atoms with van der Waals surface area (Å²) in [5.41, 5.74) is 0.811. The van der Waals surface area contributed by atoms with Crippen molar-refractivity contribution in [1.82, 2.24) is 19.6 Å². The molecule has 20 heavy (non-hydrogen) atoms. The molecule has 0 radical (unpaired) electrons. The van der Waals surface area contributed by atoms with Crippen LogP contribution in [0.2, 0.25) is 0 Å². The number of nitrogens with one attached hydrogen (secondary N) is 1. The quantitative estimate of drug-likeness (QED) is 0.576. The zero-order valence-electron chi connectivity index (χ0n) is 10.0. The first-order valence-corrected chi connectivity index (χ1v) is 7.52. The molecule has 0 fully saturated rings. The molecule has 98 valence electrons. The molecule has 0 amide bonds. The van der Waals surface area contributed by atoms with Gasteiger partial charge in [0.05, 0.1) is 5.39 Å². The second-order valence-electron chi connectivity index (χ2n) is 4.28. The Morgan fingerprint density at radius 3 is 2.75 bits per heavy atom. The largest absolute Gasteiger partial charge is 0.290 e. The molecule has 7 heteroatoms. The summed E-state index contributed by atoms with van der Waals surface area (Å²) >= 11 is 4.91. The van der Waals surface area contributed by atoms with Crippen molar-refractivity contribution in [2.24, 2.45) is 0 Å². The van der Waals surface area contributed by atoms with Crippen LogP contribution in [-0.4, -0.2) is 19.6 Å². The highest BCUT2D eigenvalue weighted by atomic mass is 79.9. The van der Waals surface area contributed by atoms with Gasteiger partial charge >= 0.3 is 0 Å². The van der Waals surface area contributed by atoms with Crippen molar-refractivity contribution in [3.63, 3.8) is 0 Å². The van der Waals surface area contributed by atoms with Crippen LogP contribution in [0.4, 0.5) is 0 Å². The number of aromatic amines is 1. The van der Waals surface area contributed by atoms with Crippen molar-refractivity contribution in [2.45, 2.75) is 0 Å². The minimum Gasteiger partial charge on any atom is -0.290 e. The molecule has 0 spiro atoms. The summed E-state index contributed by atoms with van der Waals surface area (Å²) in [5.74, 6) is 1.18. The van der Waals surface area contributed by atoms with Gasteiger partial charge in [-0.2, -0.15) is 0 Å². The molecule has 3 aromatic heterocycles. The van der Waals surface area contributed by atoms with Crippen molar-refractivity contribution in [1.29, 1.82) is 0 Å². The smallest absolute Gasteiger partial charge is 0.261 e. The Bertz CT molecular complexity index is 983. The van der Waals surface area contributed by atoms with E-state index in [0.29, 0.717) is 11.2 Å². The van der Waals surface area contributed by atoms with Crippen LogP contribution in [0.5, 0.6) is 0 Å². The van der Waals surface area contributed by atoms with Gasteiger partial charge < -0.3 is 0 Å². The molecule has 1 N–H and O–H groups in total. The fourth-order valence-corrected chi connectivity index (χ4v) is 3.32. The molecule has 0 aliphatic heterocycles. The number of thiophene rings is 1. The normalized spacial score (nSPS) is 11.4. The molecule has 0 saturated heterocycles. The first-order chi connectivity index (χ1) is 9.74. The van der Waals surface area contributed by atoms with Crippen LogP contribution < -0.4 is 5.56 Å². The molecule has 0 bridgehead atoms. The van der Waals surface area contributed by atoms with Gasteiger partial charge in [0.15, 0.2) is 5.82 Å². The highest BCUT2D eigenvalue weighted by molar-refractivity contribution is 9.10. The summed E-state index contributed by atoms with van der Waals surface area (Å²) in [6.45, 7) is 0. The maximum atomic E-state index is 11.9. The number of nitrogens with zero attached hydrogens (tertiary/aromatic N) is 3. The van der Waals surface area contributed by atoms with E-state index in [1.807, 2.05) is 40.1 Å². The molecule has 0 aliphatic carbocycles. The predicted molar refractivity (Wildman–Crippen MR) is 82.1 cm³/mol. The standard InChI is InChI=1S/C13H7BrN4OS/c14-8-3-1-7(2-4-8)10-16-17-13-15-11(19)9-5-6-20-12(9)18(10)13/h1-6H,(H,15,17,19). The number of hydrogen-bond donors (Lipinski definition) is 1. The number of hydrogen-bond acceptors (Lipinski definition) is 4. The van der Waals surface area contributed by atoms with Gasteiger partial charge in [-0.25, -0.2) is 0 Å². The van der Waals surface area contributed by atoms with E-state index in [0.717, 1.165) is 20.7 Å². The average Bonchev–Trinajstić information content (AvgIpc) is 3.05. The van der Waals surface area contributed by atoms with Crippen LogP contribution in [0.3, 0.4) is 0 Å². The molecule has 1 aromatic carbocycles. The molecular weight excluding hydrogens is 340 g/mol. The lowest BCUT2D eigenvalue weighted by Crippen LogP contribution is -2.08. The minimum atomic E-state index is -0.136. The molecule has 0 aliphatic rings. The van der Waals surface area contributed by atoms with Gasteiger partial charge in [0.2, 0.25) is 5.78 Å². The van der Waals surface area contributed by atoms with Crippen molar-refractivity contribution in [2.75, 3.05) is 0 Å². The summed E-state index contributed by atoms with van der Waals surface area (Å²) in [6, 6.07) is 9.64. The Balaban J connectivity index is 2.13. The first kappa shape index (κ1) is 11.8. The third-order valence-corrected chi connectivity index (χ3v) is 4.51. The summed E-state index contributed by atoms with van der Waals surface area (Å²) in [4.78, 5) is 15.5. The van der Waals surface area contributed by atoms with Crippen LogP contribution in [0.1, 0.15) is 0 Å². The van der Waals surface area contributed by atoms with Gasteiger partial charge in [0.25, 0.3) is 5.56 Å². The van der Waals surface area contributed by atoms with Gasteiger partial charge in [-0.1, -0.05) is 28.1 Å². The summed E-state index contributed by atoms with van der Waals surface area (Å²) in [7, 11) is 0. The maximum Gasteiger partial charge on any atom is 0.261 e. The second kappa shape index (κ2) is 4.26. The van der Waals surface area contributed by atoms with Crippen molar-refractivity contribution in [3.05, 3.63) is 50.5 Å². The molecule has 0 unspecified atom stereocenters. The Labute approximate surface area is 125 Å². The van der Waals surface area contributed by atoms with Crippen LogP contribution in [0.15, 0.2) is 45.0 Å². The first-order valence-electron chi connectivity index (χ1n) is 5.84. The summed E-state index contributed by atoms with van der Waals surface area (Å²) < 4.78 is 2.88. The number of benzene rings is 1. The molecule has 0 atom stereocenters. The SMILES string of the molecule is O=c1[nH]c2nnc(-c3ccc(Br)cc3)n2c2sccc12. The van der Waals surface area contributed by atoms with Crippen molar-refractivity contribution >= 4 is 43.3 Å². The number of fused-ring (bicyclic) bond motifs is 3. The number of rotatable bonds is 1. The Morgan fingerprint density at radius 2 is 1.95 bits per heavy atom. The summed E-state index contributed by atoms with van der Waals surface area (Å²) in [6.07, 6.45) is 0. The lowest BCUT2D eigenvalue weighted by molar-refractivity contribution is 1.09. The maximum absolute atomic E-state index is 11.9. The predicted octanol–water partition coefficient (Wildman–Crippen LogP) is 3.06. The molecular formula is C13H7BrN4OS. The fraction of sp³-hybridized carbons (Fsp3) is 0. The van der Waals surface area contributed by atoms with Gasteiger partial charge in [-0.15, -0.1) is 21.5 Å². The highest BCUT2D eigenvalue weighted by Gasteiger charge is 2.14. The van der Waals surface area contributed by atoms with E-state index in [4.69, 9.17) is 0 Å². The second-order valence-corrected chi connectivity index (χ2v) is 6.09. The van der Waals surface area contributed by atoms with Crippen LogP contribution in [-0.2, 0) is 0 Å². The number of halogens is 1. The monoisotopic (exact) mass is 346 g/mol. The zero-order valence-corrected chi connectivity index (χ0v) is 12.4. The Hall–Kier alpha value is -1.99. The topological polar surface area (TPSA) is 63.0 Å². The molecule has 4 aromatic rings. The van der Waals surface area contributed by atoms with Gasteiger partial charge in [-0.05, 0) is 23.6 Å². The lowest BCUT2D eigenvalue weighted by Gasteiger charge is -2.01. The van der Waals surface area contributed by atoms with E-state index in [-0.39, 0.29) is 5.56 Å². The highest BCUT2D eigenvalue weighted by Crippen LogP contribution is 2.25. The molecule has 0 saturated carbocycles. The minimum absolute atomic E-state index is 0.136. The van der Waals surface area contributed by atoms with Gasteiger partial charge in [0, 0.05) is 10.0 Å². The van der Waals surface area contributed by atoms with Crippen molar-refractivity contribution < 1.29 is 0 Å². The lowest BCUT2D eigenvalue weighted by atomic mass is 10.2. The number of aromatic nitrogens is 4. The third kappa shape index (κ3) is 1.63. The van der Waals surface area contributed by atoms with Crippen LogP contribution >= 0.6 is 27.3 Å². The van der Waals surface area contributed by atoms with Crippen molar-refractivity contribution in [3.8, 4) is 11.4 Å². The van der Waals surface area contributed by atoms with Crippen LogP contribution in [0.25, 0.3) is 27.4 Å². The van der Waals surface area contributed by atoms with Crippen LogP contribution in [0, 0.1) is 0 Å². The van der Waals surface area contributed by atoms with E-state index in [1.165, 1.54) is 11.3 Å². The van der Waals surface area contributed by atoms with E-state index >= 15 is 0 Å². The summed E-state index contributed by atoms with van der Waals surface area (Å²) in [5, 5.41) is 10.8. The van der Waals surface area contributed by atoms with E-state index < -0.39 is 0 Å². The Morgan fingerprint density at radius 1 is 1.15 bits per heavy atom. The van der Waals surface area contributed by atoms with E-state index in [1.54, 1.807) is 0 Å². The fourth-order valence-electron chi connectivity index (χ4n) is 2.16.